The van der Waals surface area contributed by atoms with Gasteiger partial charge in [-0.2, -0.15) is 5.10 Å². The zero-order valence-corrected chi connectivity index (χ0v) is 10.7. The van der Waals surface area contributed by atoms with Crippen molar-refractivity contribution < 1.29 is 4.79 Å². The number of aromatic nitrogens is 4. The smallest absolute Gasteiger partial charge is 0.220 e. The van der Waals surface area contributed by atoms with E-state index in [2.05, 4.69) is 20.2 Å². The summed E-state index contributed by atoms with van der Waals surface area (Å²) in [6.07, 6.45) is 7.13. The summed E-state index contributed by atoms with van der Waals surface area (Å²) in [7, 11) is 0. The van der Waals surface area contributed by atoms with Crippen molar-refractivity contribution in [1.29, 1.82) is 0 Å². The number of hydrogen-bond donors (Lipinski definition) is 1. The van der Waals surface area contributed by atoms with E-state index < -0.39 is 0 Å². The summed E-state index contributed by atoms with van der Waals surface area (Å²) >= 11 is 0. The maximum atomic E-state index is 11.5. The minimum absolute atomic E-state index is 0.0702. The summed E-state index contributed by atoms with van der Waals surface area (Å²) in [6, 6.07) is 1.92. The first kappa shape index (κ1) is 11.8. The van der Waals surface area contributed by atoms with E-state index in [4.69, 9.17) is 0 Å². The van der Waals surface area contributed by atoms with E-state index in [9.17, 15) is 4.79 Å². The molecule has 1 N–H and O–H groups in total. The van der Waals surface area contributed by atoms with E-state index in [0.29, 0.717) is 0 Å². The number of aromatic amines is 1. The Kier molecular flexibility index (Phi) is 2.98. The van der Waals surface area contributed by atoms with Crippen molar-refractivity contribution in [3.63, 3.8) is 0 Å². The monoisotopic (exact) mass is 257 g/mol. The lowest BCUT2D eigenvalue weighted by molar-refractivity contribution is -0.129. The van der Waals surface area contributed by atoms with Gasteiger partial charge < -0.3 is 4.90 Å². The van der Waals surface area contributed by atoms with Crippen LogP contribution in [0.5, 0.6) is 0 Å². The molecule has 6 nitrogen and oxygen atoms in total. The molecule has 0 saturated carbocycles. The first-order valence-corrected chi connectivity index (χ1v) is 6.34. The number of rotatable bonds is 2. The molecule has 1 atom stereocenters. The largest absolute Gasteiger partial charge is 0.334 e. The molecular formula is C13H15N5O. The molecular weight excluding hydrogens is 242 g/mol. The molecule has 98 valence electrons. The maximum absolute atomic E-state index is 11.5. The molecule has 6 heteroatoms. The Bertz CT molecular complexity index is 563. The molecule has 1 unspecified atom stereocenters. The number of amides is 1. The minimum atomic E-state index is 0.0702. The normalized spacial score (nSPS) is 18.8. The van der Waals surface area contributed by atoms with E-state index in [1.807, 2.05) is 11.0 Å². The molecule has 1 aliphatic rings. The van der Waals surface area contributed by atoms with Gasteiger partial charge >= 0.3 is 0 Å². The summed E-state index contributed by atoms with van der Waals surface area (Å²) in [6.45, 7) is 2.41. The van der Waals surface area contributed by atoms with Crippen LogP contribution in [0.1, 0.15) is 31.5 Å². The Balaban J connectivity index is 1.84. The minimum Gasteiger partial charge on any atom is -0.334 e. The third-order valence-electron chi connectivity index (χ3n) is 3.45. The van der Waals surface area contributed by atoms with Gasteiger partial charge in [0.1, 0.15) is 5.69 Å². The fraction of sp³-hybridized carbons (Fsp3) is 0.385. The zero-order chi connectivity index (χ0) is 13.2. The second kappa shape index (κ2) is 4.79. The number of H-pyrrole nitrogens is 1. The lowest BCUT2D eigenvalue weighted by Gasteiger charge is -2.22. The van der Waals surface area contributed by atoms with Crippen LogP contribution in [0.25, 0.3) is 11.4 Å². The molecule has 0 bridgehead atoms. The summed E-state index contributed by atoms with van der Waals surface area (Å²) in [4.78, 5) is 22.2. The number of hydrogen-bond acceptors (Lipinski definition) is 4. The van der Waals surface area contributed by atoms with Crippen LogP contribution in [-0.2, 0) is 4.79 Å². The number of carbonyl (C=O) groups excluding carboxylic acids is 1. The second-order valence-electron chi connectivity index (χ2n) is 4.67. The van der Waals surface area contributed by atoms with E-state index >= 15 is 0 Å². The standard InChI is InChI=1S/C13H15N5O/c1-9(19)18-6-2-3-13(18)12-8-14-11(7-15-12)10-4-5-16-17-10/h4-5,7-8,13H,2-3,6H2,1H3,(H,16,17). The highest BCUT2D eigenvalue weighted by molar-refractivity contribution is 5.74. The highest BCUT2D eigenvalue weighted by atomic mass is 16.2. The van der Waals surface area contributed by atoms with Crippen molar-refractivity contribution in [3.8, 4) is 11.4 Å². The number of carbonyl (C=O) groups is 1. The van der Waals surface area contributed by atoms with E-state index in [-0.39, 0.29) is 11.9 Å². The molecule has 3 rings (SSSR count). The van der Waals surface area contributed by atoms with Crippen LogP contribution in [0.3, 0.4) is 0 Å². The van der Waals surface area contributed by atoms with Gasteiger partial charge in [-0.3, -0.25) is 19.9 Å². The van der Waals surface area contributed by atoms with Crippen LogP contribution in [0.4, 0.5) is 0 Å². The predicted molar refractivity (Wildman–Crippen MR) is 69.0 cm³/mol. The number of nitrogens with one attached hydrogen (secondary N) is 1. The van der Waals surface area contributed by atoms with Gasteiger partial charge in [0, 0.05) is 19.7 Å². The number of likely N-dealkylation sites (tertiary alicyclic amines) is 1. The van der Waals surface area contributed by atoms with Crippen LogP contribution in [0.2, 0.25) is 0 Å². The van der Waals surface area contributed by atoms with Gasteiger partial charge in [0.05, 0.1) is 29.8 Å². The summed E-state index contributed by atoms with van der Waals surface area (Å²) < 4.78 is 0. The van der Waals surface area contributed by atoms with Gasteiger partial charge in [-0.1, -0.05) is 0 Å². The topological polar surface area (TPSA) is 74.8 Å². The van der Waals surface area contributed by atoms with Crippen molar-refractivity contribution in [2.75, 3.05) is 6.54 Å². The Morgan fingerprint density at radius 3 is 2.95 bits per heavy atom. The van der Waals surface area contributed by atoms with Crippen molar-refractivity contribution in [2.24, 2.45) is 0 Å². The predicted octanol–water partition coefficient (Wildman–Crippen LogP) is 1.55. The van der Waals surface area contributed by atoms with Gasteiger partial charge in [-0.05, 0) is 18.9 Å². The van der Waals surface area contributed by atoms with Gasteiger partial charge in [-0.15, -0.1) is 0 Å². The maximum Gasteiger partial charge on any atom is 0.220 e. The van der Waals surface area contributed by atoms with Crippen molar-refractivity contribution in [3.05, 3.63) is 30.4 Å². The SMILES string of the molecule is CC(=O)N1CCCC1c1cnc(-c2ccn[nH]2)cn1. The van der Waals surface area contributed by atoms with E-state index in [1.165, 1.54) is 0 Å². The highest BCUT2D eigenvalue weighted by Crippen LogP contribution is 2.30. The second-order valence-corrected chi connectivity index (χ2v) is 4.67. The van der Waals surface area contributed by atoms with Crippen LogP contribution in [-0.4, -0.2) is 37.5 Å². The molecule has 1 aliphatic heterocycles. The van der Waals surface area contributed by atoms with Crippen LogP contribution in [0.15, 0.2) is 24.7 Å². The van der Waals surface area contributed by atoms with E-state index in [1.54, 1.807) is 25.5 Å². The Hall–Kier alpha value is -2.24. The average Bonchev–Trinajstić information content (AvgIpc) is 3.10. The van der Waals surface area contributed by atoms with E-state index in [0.717, 1.165) is 36.5 Å². The molecule has 1 amide bonds. The van der Waals surface area contributed by atoms with Gasteiger partial charge in [-0.25, -0.2) is 0 Å². The third-order valence-corrected chi connectivity index (χ3v) is 3.45. The zero-order valence-electron chi connectivity index (χ0n) is 10.7. The quantitative estimate of drug-likeness (QED) is 0.885. The first-order valence-electron chi connectivity index (χ1n) is 6.34. The number of nitrogens with zero attached hydrogens (tertiary/aromatic N) is 4. The van der Waals surface area contributed by atoms with Crippen molar-refractivity contribution in [1.82, 2.24) is 25.1 Å². The fourth-order valence-electron chi connectivity index (χ4n) is 2.50. The average molecular weight is 257 g/mol. The lowest BCUT2D eigenvalue weighted by atomic mass is 10.1. The van der Waals surface area contributed by atoms with Crippen LogP contribution >= 0.6 is 0 Å². The lowest BCUT2D eigenvalue weighted by Crippen LogP contribution is -2.28. The molecule has 19 heavy (non-hydrogen) atoms. The molecule has 0 radical (unpaired) electrons. The Morgan fingerprint density at radius 2 is 2.32 bits per heavy atom. The molecule has 0 aromatic carbocycles. The summed E-state index contributed by atoms with van der Waals surface area (Å²) in [5.74, 6) is 0.0990. The van der Waals surface area contributed by atoms with Crippen molar-refractivity contribution in [2.45, 2.75) is 25.8 Å². The molecule has 0 aliphatic carbocycles. The molecule has 2 aromatic heterocycles. The van der Waals surface area contributed by atoms with Gasteiger partial charge in [0.25, 0.3) is 0 Å². The summed E-state index contributed by atoms with van der Waals surface area (Å²) in [5.41, 5.74) is 2.46. The first-order chi connectivity index (χ1) is 9.25. The molecule has 1 saturated heterocycles. The molecule has 2 aromatic rings. The summed E-state index contributed by atoms with van der Waals surface area (Å²) in [5, 5.41) is 6.74. The van der Waals surface area contributed by atoms with Crippen LogP contribution < -0.4 is 0 Å². The molecule has 3 heterocycles. The highest BCUT2D eigenvalue weighted by Gasteiger charge is 2.29. The van der Waals surface area contributed by atoms with Crippen molar-refractivity contribution >= 4 is 5.91 Å². The molecule has 0 spiro atoms. The van der Waals surface area contributed by atoms with Crippen LogP contribution in [0, 0.1) is 0 Å². The molecule has 1 fully saturated rings. The Labute approximate surface area is 110 Å². The fourth-order valence-corrected chi connectivity index (χ4v) is 2.50. The van der Waals surface area contributed by atoms with Gasteiger partial charge in [0.15, 0.2) is 0 Å². The third kappa shape index (κ3) is 2.21. The Morgan fingerprint density at radius 1 is 1.42 bits per heavy atom. The van der Waals surface area contributed by atoms with Gasteiger partial charge in [0.2, 0.25) is 5.91 Å².